The molecule has 0 saturated carbocycles. The molecule has 0 aliphatic rings. The van der Waals surface area contributed by atoms with Crippen LogP contribution in [0.2, 0.25) is 0 Å². The summed E-state index contributed by atoms with van der Waals surface area (Å²) in [6.45, 7) is 4.09. The Labute approximate surface area is 90.4 Å². The Morgan fingerprint density at radius 3 is 2.43 bits per heavy atom. The molecule has 1 N–H and O–H groups in total. The first-order valence-electron chi connectivity index (χ1n) is 4.65. The Morgan fingerprint density at radius 1 is 1.50 bits per heavy atom. The maximum atomic E-state index is 11.7. The lowest BCUT2D eigenvalue weighted by Crippen LogP contribution is -2.48. The van der Waals surface area contributed by atoms with Gasteiger partial charge in [-0.05, 0) is 6.42 Å². The van der Waals surface area contributed by atoms with Crippen LogP contribution in [-0.2, 0) is 9.59 Å². The number of hydrogen-bond donors (Lipinski definition) is 2. The number of likely N-dealkylation sites (N-methyl/N-ethyl adjacent to an activating group) is 1. The summed E-state index contributed by atoms with van der Waals surface area (Å²) in [5.41, 5.74) is 0. The van der Waals surface area contributed by atoms with Crippen molar-refractivity contribution < 1.29 is 9.59 Å². The number of nitrogens with one attached hydrogen (secondary N) is 1. The molecule has 0 heterocycles. The summed E-state index contributed by atoms with van der Waals surface area (Å²) >= 11 is 4.03. The molecule has 1 atom stereocenters. The van der Waals surface area contributed by atoms with Gasteiger partial charge in [-0.25, -0.2) is 0 Å². The first-order valence-corrected chi connectivity index (χ1v) is 5.29. The molecule has 4 nitrogen and oxygen atoms in total. The molecule has 0 aliphatic heterocycles. The summed E-state index contributed by atoms with van der Waals surface area (Å²) in [6.07, 6.45) is 0.904. The molecule has 1 unspecified atom stereocenters. The van der Waals surface area contributed by atoms with Crippen LogP contribution in [0.4, 0.5) is 0 Å². The van der Waals surface area contributed by atoms with Crippen molar-refractivity contribution in [1.82, 2.24) is 10.2 Å². The smallest absolute Gasteiger partial charge is 0.245 e. The van der Waals surface area contributed by atoms with Crippen molar-refractivity contribution in [2.45, 2.75) is 26.3 Å². The van der Waals surface area contributed by atoms with Crippen molar-refractivity contribution in [1.29, 1.82) is 0 Å². The number of hydrogen-bond acceptors (Lipinski definition) is 3. The van der Waals surface area contributed by atoms with Crippen LogP contribution in [0.3, 0.4) is 0 Å². The highest BCUT2D eigenvalue weighted by Gasteiger charge is 2.20. The third kappa shape index (κ3) is 4.50. The van der Waals surface area contributed by atoms with Gasteiger partial charge in [0.2, 0.25) is 11.8 Å². The van der Waals surface area contributed by atoms with E-state index in [4.69, 9.17) is 0 Å². The van der Waals surface area contributed by atoms with E-state index in [1.807, 2.05) is 6.92 Å². The highest BCUT2D eigenvalue weighted by Crippen LogP contribution is 1.96. The molecule has 2 amide bonds. The molecule has 0 rings (SSSR count). The number of thiol groups is 1. The van der Waals surface area contributed by atoms with Gasteiger partial charge in [-0.3, -0.25) is 9.59 Å². The minimum absolute atomic E-state index is 0.0861. The molecule has 0 saturated heterocycles. The molecule has 5 heteroatoms. The monoisotopic (exact) mass is 218 g/mol. The van der Waals surface area contributed by atoms with Crippen LogP contribution in [-0.4, -0.2) is 42.1 Å². The third-order valence-corrected chi connectivity index (χ3v) is 2.16. The van der Waals surface area contributed by atoms with E-state index in [-0.39, 0.29) is 11.8 Å². The lowest BCUT2D eigenvalue weighted by Gasteiger charge is -2.22. The van der Waals surface area contributed by atoms with Gasteiger partial charge in [0.25, 0.3) is 0 Å². The first-order chi connectivity index (χ1) is 6.52. The predicted octanol–water partition coefficient (Wildman–Crippen LogP) is 0.289. The maximum absolute atomic E-state index is 11.7. The average Bonchev–Trinajstić information content (AvgIpc) is 2.13. The first kappa shape index (κ1) is 13.3. The molecule has 0 aromatic carbocycles. The van der Waals surface area contributed by atoms with E-state index < -0.39 is 6.04 Å². The molecule has 0 bridgehead atoms. The van der Waals surface area contributed by atoms with Gasteiger partial charge in [-0.2, -0.15) is 12.6 Å². The van der Waals surface area contributed by atoms with E-state index in [1.165, 1.54) is 6.92 Å². The molecule has 0 aliphatic carbocycles. The normalized spacial score (nSPS) is 12.0. The second-order valence-electron chi connectivity index (χ2n) is 3.20. The molecular formula is C9H18N2O2S. The quantitative estimate of drug-likeness (QED) is 0.652. The number of nitrogens with zero attached hydrogens (tertiary/aromatic N) is 1. The number of amides is 2. The minimum atomic E-state index is -0.507. The van der Waals surface area contributed by atoms with Gasteiger partial charge in [-0.15, -0.1) is 0 Å². The highest BCUT2D eigenvalue weighted by molar-refractivity contribution is 7.80. The molecule has 0 radical (unpaired) electrons. The van der Waals surface area contributed by atoms with E-state index in [2.05, 4.69) is 17.9 Å². The van der Waals surface area contributed by atoms with Gasteiger partial charge in [0.05, 0.1) is 0 Å². The number of carbonyl (C=O) groups is 2. The summed E-state index contributed by atoms with van der Waals surface area (Å²) in [5, 5.41) is 2.56. The lowest BCUT2D eigenvalue weighted by molar-refractivity contribution is -0.134. The summed E-state index contributed by atoms with van der Waals surface area (Å²) in [7, 11) is 1.73. The van der Waals surface area contributed by atoms with Gasteiger partial charge < -0.3 is 10.2 Å². The van der Waals surface area contributed by atoms with Gasteiger partial charge in [0.15, 0.2) is 0 Å². The number of rotatable bonds is 5. The Bertz CT molecular complexity index is 209. The SMILES string of the molecule is CCCN(C)C(=O)C(CS)NC(C)=O. The fraction of sp³-hybridized carbons (Fsp3) is 0.778. The van der Waals surface area contributed by atoms with Gasteiger partial charge in [0, 0.05) is 26.3 Å². The molecule has 0 fully saturated rings. The fourth-order valence-electron chi connectivity index (χ4n) is 1.14. The summed E-state index contributed by atoms with van der Waals surface area (Å²) < 4.78 is 0. The van der Waals surface area contributed by atoms with E-state index in [0.29, 0.717) is 12.3 Å². The molecular weight excluding hydrogens is 200 g/mol. The van der Waals surface area contributed by atoms with Crippen LogP contribution < -0.4 is 5.32 Å². The largest absolute Gasteiger partial charge is 0.344 e. The Kier molecular flexibility index (Phi) is 6.36. The molecule has 14 heavy (non-hydrogen) atoms. The van der Waals surface area contributed by atoms with Crippen molar-refractivity contribution in [2.24, 2.45) is 0 Å². The van der Waals surface area contributed by atoms with E-state index in [9.17, 15) is 9.59 Å². The zero-order valence-electron chi connectivity index (χ0n) is 8.91. The van der Waals surface area contributed by atoms with Crippen LogP contribution in [0.25, 0.3) is 0 Å². The molecule has 0 spiro atoms. The number of carbonyl (C=O) groups excluding carboxylic acids is 2. The van der Waals surface area contributed by atoms with Crippen LogP contribution in [0, 0.1) is 0 Å². The van der Waals surface area contributed by atoms with Crippen LogP contribution >= 0.6 is 12.6 Å². The summed E-state index contributed by atoms with van der Waals surface area (Å²) in [5.74, 6) is 0.0336. The zero-order chi connectivity index (χ0) is 11.1. The fourth-order valence-corrected chi connectivity index (χ4v) is 1.39. The summed E-state index contributed by atoms with van der Waals surface area (Å²) in [6, 6.07) is -0.507. The van der Waals surface area contributed by atoms with Crippen LogP contribution in [0.1, 0.15) is 20.3 Å². The van der Waals surface area contributed by atoms with Gasteiger partial charge >= 0.3 is 0 Å². The molecule has 0 aromatic heterocycles. The van der Waals surface area contributed by atoms with Gasteiger partial charge in [-0.1, -0.05) is 6.92 Å². The Hall–Kier alpha value is -0.710. The third-order valence-electron chi connectivity index (χ3n) is 1.79. The minimum Gasteiger partial charge on any atom is -0.344 e. The second kappa shape index (κ2) is 6.70. The van der Waals surface area contributed by atoms with E-state index in [0.717, 1.165) is 6.42 Å². The molecule has 82 valence electrons. The van der Waals surface area contributed by atoms with Crippen molar-refractivity contribution in [3.05, 3.63) is 0 Å². The van der Waals surface area contributed by atoms with Crippen LogP contribution in [0.5, 0.6) is 0 Å². The maximum Gasteiger partial charge on any atom is 0.245 e. The highest BCUT2D eigenvalue weighted by atomic mass is 32.1. The Balaban J connectivity index is 4.22. The zero-order valence-corrected chi connectivity index (χ0v) is 9.80. The molecule has 0 aromatic rings. The standard InChI is InChI=1S/C9H18N2O2S/c1-4-5-11(3)9(13)8(6-14)10-7(2)12/h8,14H,4-6H2,1-3H3,(H,10,12). The van der Waals surface area contributed by atoms with E-state index >= 15 is 0 Å². The van der Waals surface area contributed by atoms with Crippen molar-refractivity contribution >= 4 is 24.4 Å². The topological polar surface area (TPSA) is 49.4 Å². The van der Waals surface area contributed by atoms with Crippen molar-refractivity contribution in [2.75, 3.05) is 19.3 Å². The lowest BCUT2D eigenvalue weighted by atomic mass is 10.2. The van der Waals surface area contributed by atoms with E-state index in [1.54, 1.807) is 11.9 Å². The summed E-state index contributed by atoms with van der Waals surface area (Å²) in [4.78, 5) is 24.1. The van der Waals surface area contributed by atoms with Crippen molar-refractivity contribution in [3.8, 4) is 0 Å². The van der Waals surface area contributed by atoms with Gasteiger partial charge in [0.1, 0.15) is 6.04 Å². The average molecular weight is 218 g/mol. The Morgan fingerprint density at radius 2 is 2.07 bits per heavy atom. The second-order valence-corrected chi connectivity index (χ2v) is 3.56. The predicted molar refractivity (Wildman–Crippen MR) is 59.4 cm³/mol. The van der Waals surface area contributed by atoms with Crippen molar-refractivity contribution in [3.63, 3.8) is 0 Å². The van der Waals surface area contributed by atoms with Crippen LogP contribution in [0.15, 0.2) is 0 Å².